The molecule has 86 valence electrons. The quantitative estimate of drug-likeness (QED) is 0.807. The van der Waals surface area contributed by atoms with Crippen LogP contribution in [-0.2, 0) is 11.3 Å². The first kappa shape index (κ1) is 12.7. The third kappa shape index (κ3) is 4.33. The van der Waals surface area contributed by atoms with Crippen molar-refractivity contribution in [2.24, 2.45) is 0 Å². The van der Waals surface area contributed by atoms with Crippen LogP contribution < -0.4 is 5.32 Å². The highest BCUT2D eigenvalue weighted by Gasteiger charge is 2.05. The molecule has 0 aromatic carbocycles. The van der Waals surface area contributed by atoms with Crippen LogP contribution in [-0.4, -0.2) is 19.3 Å². The number of nitrogens with one attached hydrogen (secondary N) is 1. The SMILES string of the molecule is CCOCC(C)NCc1cc(C)sc1C. The van der Waals surface area contributed by atoms with Crippen LogP contribution in [0.2, 0.25) is 0 Å². The fourth-order valence-corrected chi connectivity index (χ4v) is 2.44. The van der Waals surface area contributed by atoms with Crippen LogP contribution in [0.15, 0.2) is 6.07 Å². The Morgan fingerprint density at radius 3 is 2.73 bits per heavy atom. The molecule has 15 heavy (non-hydrogen) atoms. The second-order valence-corrected chi connectivity index (χ2v) is 5.34. The Bertz CT molecular complexity index is 296. The van der Waals surface area contributed by atoms with Gasteiger partial charge in [0.2, 0.25) is 0 Å². The Balaban J connectivity index is 2.33. The lowest BCUT2D eigenvalue weighted by Gasteiger charge is -2.13. The van der Waals surface area contributed by atoms with E-state index in [1.807, 2.05) is 18.3 Å². The summed E-state index contributed by atoms with van der Waals surface area (Å²) < 4.78 is 5.36. The van der Waals surface area contributed by atoms with Crippen molar-refractivity contribution in [3.63, 3.8) is 0 Å². The summed E-state index contributed by atoms with van der Waals surface area (Å²) in [6, 6.07) is 2.69. The predicted molar refractivity (Wildman–Crippen MR) is 66.6 cm³/mol. The largest absolute Gasteiger partial charge is 0.380 e. The number of aryl methyl sites for hydroxylation is 2. The number of hydrogen-bond donors (Lipinski definition) is 1. The van der Waals surface area contributed by atoms with E-state index in [0.29, 0.717) is 6.04 Å². The van der Waals surface area contributed by atoms with Crippen LogP contribution in [0.1, 0.15) is 29.2 Å². The Morgan fingerprint density at radius 2 is 2.20 bits per heavy atom. The molecule has 0 spiro atoms. The highest BCUT2D eigenvalue weighted by molar-refractivity contribution is 7.12. The minimum atomic E-state index is 0.421. The van der Waals surface area contributed by atoms with Gasteiger partial charge < -0.3 is 10.1 Å². The van der Waals surface area contributed by atoms with Gasteiger partial charge in [0.15, 0.2) is 0 Å². The minimum absolute atomic E-state index is 0.421. The van der Waals surface area contributed by atoms with Crippen LogP contribution in [0.4, 0.5) is 0 Å². The van der Waals surface area contributed by atoms with E-state index in [-0.39, 0.29) is 0 Å². The van der Waals surface area contributed by atoms with Crippen LogP contribution in [0.25, 0.3) is 0 Å². The summed E-state index contributed by atoms with van der Waals surface area (Å²) in [7, 11) is 0. The summed E-state index contributed by atoms with van der Waals surface area (Å²) in [5.41, 5.74) is 1.42. The summed E-state index contributed by atoms with van der Waals surface area (Å²) in [5.74, 6) is 0. The summed E-state index contributed by atoms with van der Waals surface area (Å²) >= 11 is 1.87. The average Bonchev–Trinajstić information content (AvgIpc) is 2.51. The number of ether oxygens (including phenoxy) is 1. The lowest BCUT2D eigenvalue weighted by atomic mass is 10.2. The molecule has 1 rings (SSSR count). The van der Waals surface area contributed by atoms with E-state index < -0.39 is 0 Å². The summed E-state index contributed by atoms with van der Waals surface area (Å²) in [4.78, 5) is 2.81. The zero-order valence-corrected chi connectivity index (χ0v) is 10.9. The smallest absolute Gasteiger partial charge is 0.0616 e. The van der Waals surface area contributed by atoms with Crippen molar-refractivity contribution in [3.8, 4) is 0 Å². The van der Waals surface area contributed by atoms with Gasteiger partial charge in [-0.1, -0.05) is 0 Å². The molecule has 0 amide bonds. The third-order valence-corrected chi connectivity index (χ3v) is 3.36. The second kappa shape index (κ2) is 6.26. The maximum atomic E-state index is 5.36. The second-order valence-electron chi connectivity index (χ2n) is 3.88. The number of rotatable bonds is 6. The van der Waals surface area contributed by atoms with E-state index >= 15 is 0 Å². The maximum Gasteiger partial charge on any atom is 0.0616 e. The molecule has 1 aromatic heterocycles. The van der Waals surface area contributed by atoms with Crippen LogP contribution in [0.3, 0.4) is 0 Å². The lowest BCUT2D eigenvalue weighted by molar-refractivity contribution is 0.127. The average molecular weight is 227 g/mol. The van der Waals surface area contributed by atoms with Gasteiger partial charge in [0.1, 0.15) is 0 Å². The molecule has 1 atom stereocenters. The molecule has 0 fully saturated rings. The topological polar surface area (TPSA) is 21.3 Å². The Kier molecular flexibility index (Phi) is 5.29. The molecule has 0 aliphatic rings. The van der Waals surface area contributed by atoms with Gasteiger partial charge in [0.25, 0.3) is 0 Å². The standard InChI is InChI=1S/C12H21NOS/c1-5-14-8-9(2)13-7-12-6-10(3)15-11(12)4/h6,9,13H,5,7-8H2,1-4H3. The zero-order valence-electron chi connectivity index (χ0n) is 10.1. The van der Waals surface area contributed by atoms with Gasteiger partial charge in [-0.3, -0.25) is 0 Å². The van der Waals surface area contributed by atoms with Gasteiger partial charge in [0, 0.05) is 28.9 Å². The highest BCUT2D eigenvalue weighted by atomic mass is 32.1. The molecule has 0 aliphatic heterocycles. The zero-order chi connectivity index (χ0) is 11.3. The van der Waals surface area contributed by atoms with Gasteiger partial charge in [-0.15, -0.1) is 11.3 Å². The molecule has 1 N–H and O–H groups in total. The fraction of sp³-hybridized carbons (Fsp3) is 0.667. The first-order chi connectivity index (χ1) is 7.13. The Morgan fingerprint density at radius 1 is 1.47 bits per heavy atom. The molecule has 0 saturated carbocycles. The molecule has 1 unspecified atom stereocenters. The summed E-state index contributed by atoms with van der Waals surface area (Å²) in [6.45, 7) is 11.1. The van der Waals surface area contributed by atoms with Crippen LogP contribution in [0.5, 0.6) is 0 Å². The first-order valence-corrected chi connectivity index (χ1v) is 6.32. The van der Waals surface area contributed by atoms with Crippen LogP contribution in [0, 0.1) is 13.8 Å². The fourth-order valence-electron chi connectivity index (χ4n) is 1.50. The monoisotopic (exact) mass is 227 g/mol. The lowest BCUT2D eigenvalue weighted by Crippen LogP contribution is -2.30. The van der Waals surface area contributed by atoms with E-state index in [4.69, 9.17) is 4.74 Å². The Labute approximate surface area is 96.7 Å². The number of hydrogen-bond acceptors (Lipinski definition) is 3. The van der Waals surface area contributed by atoms with E-state index in [0.717, 1.165) is 19.8 Å². The maximum absolute atomic E-state index is 5.36. The third-order valence-electron chi connectivity index (χ3n) is 2.36. The normalized spacial score (nSPS) is 13.1. The number of thiophene rings is 1. The highest BCUT2D eigenvalue weighted by Crippen LogP contribution is 2.20. The van der Waals surface area contributed by atoms with E-state index in [9.17, 15) is 0 Å². The van der Waals surface area contributed by atoms with E-state index in [2.05, 4.69) is 32.2 Å². The summed E-state index contributed by atoms with van der Waals surface area (Å²) in [5, 5.41) is 3.47. The van der Waals surface area contributed by atoms with Gasteiger partial charge in [-0.25, -0.2) is 0 Å². The van der Waals surface area contributed by atoms with Crippen molar-refractivity contribution in [1.82, 2.24) is 5.32 Å². The molecule has 3 heteroatoms. The molecule has 0 aliphatic carbocycles. The molecule has 1 heterocycles. The molecule has 2 nitrogen and oxygen atoms in total. The predicted octanol–water partition coefficient (Wildman–Crippen LogP) is 2.88. The van der Waals surface area contributed by atoms with Crippen molar-refractivity contribution in [2.45, 2.75) is 40.3 Å². The molecule has 1 aromatic rings. The first-order valence-electron chi connectivity index (χ1n) is 5.50. The molecule has 0 radical (unpaired) electrons. The van der Waals surface area contributed by atoms with Crippen molar-refractivity contribution < 1.29 is 4.74 Å². The van der Waals surface area contributed by atoms with Crippen molar-refractivity contribution in [1.29, 1.82) is 0 Å². The molecular weight excluding hydrogens is 206 g/mol. The van der Waals surface area contributed by atoms with Crippen molar-refractivity contribution in [2.75, 3.05) is 13.2 Å². The van der Waals surface area contributed by atoms with Gasteiger partial charge in [0.05, 0.1) is 6.61 Å². The Hall–Kier alpha value is -0.380. The molecular formula is C12H21NOS. The molecule has 0 bridgehead atoms. The van der Waals surface area contributed by atoms with Gasteiger partial charge in [-0.2, -0.15) is 0 Å². The van der Waals surface area contributed by atoms with Crippen molar-refractivity contribution >= 4 is 11.3 Å². The van der Waals surface area contributed by atoms with Crippen molar-refractivity contribution in [3.05, 3.63) is 21.4 Å². The summed E-state index contributed by atoms with van der Waals surface area (Å²) in [6.07, 6.45) is 0. The van der Waals surface area contributed by atoms with Gasteiger partial charge in [-0.05, 0) is 39.3 Å². The van der Waals surface area contributed by atoms with E-state index in [1.54, 1.807) is 0 Å². The van der Waals surface area contributed by atoms with Gasteiger partial charge >= 0.3 is 0 Å². The molecule has 0 saturated heterocycles. The van der Waals surface area contributed by atoms with E-state index in [1.165, 1.54) is 15.3 Å². The van der Waals surface area contributed by atoms with Crippen LogP contribution >= 0.6 is 11.3 Å². The minimum Gasteiger partial charge on any atom is -0.380 e.